The number of benzene rings is 1. The molecule has 0 saturated carbocycles. The third-order valence-corrected chi connectivity index (χ3v) is 4.28. The number of nitrogens with zero attached hydrogens (tertiary/aromatic N) is 1. The van der Waals surface area contributed by atoms with Crippen molar-refractivity contribution in [1.82, 2.24) is 0 Å². The van der Waals surface area contributed by atoms with Gasteiger partial charge in [0.05, 0.1) is 11.3 Å². The zero-order valence-corrected chi connectivity index (χ0v) is 14.1. The fourth-order valence-electron chi connectivity index (χ4n) is 2.95. The molecule has 124 valence electrons. The molecule has 1 aromatic rings. The molecule has 0 unspecified atom stereocenters. The Morgan fingerprint density at radius 3 is 2.35 bits per heavy atom. The van der Waals surface area contributed by atoms with Gasteiger partial charge in [0.1, 0.15) is 0 Å². The highest BCUT2D eigenvalue weighted by Crippen LogP contribution is 2.30. The largest absolute Gasteiger partial charge is 0.306 e. The Labute approximate surface area is 137 Å². The van der Waals surface area contributed by atoms with Crippen LogP contribution in [-0.4, -0.2) is 17.6 Å². The summed E-state index contributed by atoms with van der Waals surface area (Å²) in [6, 6.07) is 5.19. The summed E-state index contributed by atoms with van der Waals surface area (Å²) < 4.78 is 0. The Morgan fingerprint density at radius 2 is 1.65 bits per heavy atom. The third-order valence-electron chi connectivity index (χ3n) is 4.28. The van der Waals surface area contributed by atoms with E-state index in [1.165, 1.54) is 25.7 Å². The summed E-state index contributed by atoms with van der Waals surface area (Å²) in [4.78, 5) is 37.5. The number of aryl methyl sites for hydroxylation is 1. The van der Waals surface area contributed by atoms with Crippen molar-refractivity contribution in [3.05, 3.63) is 29.3 Å². The molecule has 0 aliphatic carbocycles. The van der Waals surface area contributed by atoms with Gasteiger partial charge in [-0.1, -0.05) is 57.1 Å². The molecule has 2 amide bonds. The molecule has 0 saturated heterocycles. The van der Waals surface area contributed by atoms with E-state index in [-0.39, 0.29) is 5.91 Å². The highest BCUT2D eigenvalue weighted by atomic mass is 16.2. The Morgan fingerprint density at radius 1 is 1.00 bits per heavy atom. The topological polar surface area (TPSA) is 54.5 Å². The van der Waals surface area contributed by atoms with Crippen LogP contribution in [0.15, 0.2) is 18.2 Å². The second-order valence-electron chi connectivity index (χ2n) is 6.26. The van der Waals surface area contributed by atoms with E-state index in [1.807, 2.05) is 13.0 Å². The molecule has 0 aromatic heterocycles. The number of amides is 2. The molecule has 0 bridgehead atoms. The van der Waals surface area contributed by atoms with Crippen LogP contribution in [0.2, 0.25) is 0 Å². The summed E-state index contributed by atoms with van der Waals surface area (Å²) in [5.74, 6) is -1.55. The summed E-state index contributed by atoms with van der Waals surface area (Å²) >= 11 is 0. The molecule has 1 aromatic carbocycles. The number of unbranched alkanes of at least 4 members (excludes halogenated alkanes) is 6. The number of ketones is 1. The predicted octanol–water partition coefficient (Wildman–Crippen LogP) is 4.19. The van der Waals surface area contributed by atoms with Gasteiger partial charge in [0.2, 0.25) is 5.91 Å². The average Bonchev–Trinajstić information content (AvgIpc) is 2.78. The molecule has 4 nitrogen and oxygen atoms in total. The van der Waals surface area contributed by atoms with E-state index in [0.717, 1.165) is 29.7 Å². The van der Waals surface area contributed by atoms with E-state index >= 15 is 0 Å². The van der Waals surface area contributed by atoms with Crippen molar-refractivity contribution >= 4 is 23.3 Å². The van der Waals surface area contributed by atoms with E-state index in [1.54, 1.807) is 12.1 Å². The van der Waals surface area contributed by atoms with Crippen molar-refractivity contribution in [2.24, 2.45) is 0 Å². The van der Waals surface area contributed by atoms with Gasteiger partial charge in [-0.05, 0) is 25.5 Å². The molecular weight excluding hydrogens is 290 g/mol. The minimum absolute atomic E-state index is 0.264. The van der Waals surface area contributed by atoms with Crippen molar-refractivity contribution in [2.75, 3.05) is 4.90 Å². The molecule has 1 aliphatic heterocycles. The Kier molecular flexibility index (Phi) is 6.08. The standard InChI is InChI=1S/C19H25NO3/c1-3-4-5-6-7-8-9-10-17(21)20-16-12-11-14(2)13-15(16)18(22)19(20)23/h11-13H,3-10H2,1-2H3. The molecule has 23 heavy (non-hydrogen) atoms. The lowest BCUT2D eigenvalue weighted by molar-refractivity contribution is -0.124. The van der Waals surface area contributed by atoms with Crippen LogP contribution in [0.1, 0.15) is 74.2 Å². The zero-order valence-electron chi connectivity index (χ0n) is 14.1. The Hall–Kier alpha value is -1.97. The molecule has 0 N–H and O–H groups in total. The summed E-state index contributed by atoms with van der Waals surface area (Å²) in [5.41, 5.74) is 1.70. The summed E-state index contributed by atoms with van der Waals surface area (Å²) in [7, 11) is 0. The first-order valence-electron chi connectivity index (χ1n) is 8.58. The second-order valence-corrected chi connectivity index (χ2v) is 6.26. The number of hydrogen-bond donors (Lipinski definition) is 0. The number of imide groups is 1. The minimum Gasteiger partial charge on any atom is -0.283 e. The monoisotopic (exact) mass is 315 g/mol. The van der Waals surface area contributed by atoms with Crippen LogP contribution in [-0.2, 0) is 9.59 Å². The number of rotatable bonds is 8. The van der Waals surface area contributed by atoms with Crippen molar-refractivity contribution in [3.8, 4) is 0 Å². The van der Waals surface area contributed by atoms with Gasteiger partial charge in [-0.2, -0.15) is 0 Å². The van der Waals surface area contributed by atoms with Gasteiger partial charge in [-0.25, -0.2) is 4.90 Å². The van der Waals surface area contributed by atoms with Gasteiger partial charge in [-0.3, -0.25) is 14.4 Å². The number of fused-ring (bicyclic) bond motifs is 1. The van der Waals surface area contributed by atoms with Crippen LogP contribution in [0.25, 0.3) is 0 Å². The smallest absolute Gasteiger partial charge is 0.283 e. The lowest BCUT2D eigenvalue weighted by Crippen LogP contribution is -2.35. The van der Waals surface area contributed by atoms with Crippen LogP contribution in [0.3, 0.4) is 0 Å². The van der Waals surface area contributed by atoms with Crippen molar-refractivity contribution in [2.45, 2.75) is 65.2 Å². The van der Waals surface area contributed by atoms with Crippen LogP contribution >= 0.6 is 0 Å². The molecule has 2 rings (SSSR count). The lowest BCUT2D eigenvalue weighted by atomic mass is 10.1. The van der Waals surface area contributed by atoms with E-state index in [2.05, 4.69) is 6.92 Å². The van der Waals surface area contributed by atoms with Crippen molar-refractivity contribution in [3.63, 3.8) is 0 Å². The SMILES string of the molecule is CCCCCCCCCC(=O)N1C(=O)C(=O)c2cc(C)ccc21. The highest BCUT2D eigenvalue weighted by Gasteiger charge is 2.39. The van der Waals surface area contributed by atoms with E-state index in [0.29, 0.717) is 17.7 Å². The lowest BCUT2D eigenvalue weighted by Gasteiger charge is -2.14. The van der Waals surface area contributed by atoms with Gasteiger partial charge in [0.25, 0.3) is 5.78 Å². The number of carbonyl (C=O) groups is 3. The van der Waals surface area contributed by atoms with Crippen LogP contribution in [0, 0.1) is 6.92 Å². The minimum atomic E-state index is -0.710. The maximum Gasteiger partial charge on any atom is 0.306 e. The predicted molar refractivity (Wildman–Crippen MR) is 90.6 cm³/mol. The fraction of sp³-hybridized carbons (Fsp3) is 0.526. The van der Waals surface area contributed by atoms with E-state index < -0.39 is 11.7 Å². The molecule has 0 fully saturated rings. The van der Waals surface area contributed by atoms with E-state index in [9.17, 15) is 14.4 Å². The first-order valence-corrected chi connectivity index (χ1v) is 8.58. The van der Waals surface area contributed by atoms with Crippen LogP contribution in [0.4, 0.5) is 5.69 Å². The quantitative estimate of drug-likeness (QED) is 0.534. The van der Waals surface area contributed by atoms with Crippen molar-refractivity contribution in [1.29, 1.82) is 0 Å². The van der Waals surface area contributed by atoms with Gasteiger partial charge >= 0.3 is 5.91 Å². The number of carbonyl (C=O) groups excluding carboxylic acids is 3. The number of anilines is 1. The highest BCUT2D eigenvalue weighted by molar-refractivity contribution is 6.56. The van der Waals surface area contributed by atoms with Gasteiger partial charge in [0, 0.05) is 6.42 Å². The summed E-state index contributed by atoms with van der Waals surface area (Å²) in [5, 5.41) is 0. The number of Topliss-reactive ketones (excluding diaryl/α,β-unsaturated/α-hetero) is 1. The zero-order chi connectivity index (χ0) is 16.8. The van der Waals surface area contributed by atoms with E-state index in [4.69, 9.17) is 0 Å². The maximum atomic E-state index is 12.3. The first kappa shape index (κ1) is 17.4. The summed E-state index contributed by atoms with van der Waals surface area (Å²) in [6.45, 7) is 4.05. The molecule has 4 heteroatoms. The summed E-state index contributed by atoms with van der Waals surface area (Å²) in [6.07, 6.45) is 8.13. The molecule has 0 spiro atoms. The van der Waals surface area contributed by atoms with Crippen LogP contribution in [0.5, 0.6) is 0 Å². The third kappa shape index (κ3) is 4.06. The maximum absolute atomic E-state index is 12.3. The molecular formula is C19H25NO3. The molecule has 1 aliphatic rings. The average molecular weight is 315 g/mol. The van der Waals surface area contributed by atoms with Gasteiger partial charge < -0.3 is 0 Å². The first-order chi connectivity index (χ1) is 11.1. The molecule has 0 atom stereocenters. The second kappa shape index (κ2) is 8.04. The van der Waals surface area contributed by atoms with Gasteiger partial charge in [-0.15, -0.1) is 0 Å². The Balaban J connectivity index is 1.88. The fourth-order valence-corrected chi connectivity index (χ4v) is 2.95. The van der Waals surface area contributed by atoms with Crippen molar-refractivity contribution < 1.29 is 14.4 Å². The molecule has 1 heterocycles. The molecule has 0 radical (unpaired) electrons. The Bertz CT molecular complexity index is 607. The van der Waals surface area contributed by atoms with Gasteiger partial charge in [0.15, 0.2) is 0 Å². The normalized spacial score (nSPS) is 13.6. The van der Waals surface area contributed by atoms with Crippen LogP contribution < -0.4 is 4.90 Å². The number of hydrogen-bond acceptors (Lipinski definition) is 3.